The molecule has 0 radical (unpaired) electrons. The molecule has 2 rings (SSSR count). The van der Waals surface area contributed by atoms with Crippen molar-refractivity contribution >= 4 is 12.6 Å². The van der Waals surface area contributed by atoms with Crippen LogP contribution in [0.2, 0.25) is 0 Å². The van der Waals surface area contributed by atoms with Crippen LogP contribution in [0.4, 0.5) is 0 Å². The second kappa shape index (κ2) is 18.9. The summed E-state index contributed by atoms with van der Waals surface area (Å²) in [5.74, 6) is 0.780. The summed E-state index contributed by atoms with van der Waals surface area (Å²) in [7, 11) is 1.28. The Bertz CT molecular complexity index is 700. The fourth-order valence-corrected chi connectivity index (χ4v) is 3.26. The molecule has 0 amide bonds. The minimum Gasteiger partial charge on any atom is -0.491 e. The van der Waals surface area contributed by atoms with E-state index >= 15 is 0 Å². The Kier molecular flexibility index (Phi) is 16.4. The van der Waals surface area contributed by atoms with Crippen molar-refractivity contribution in [2.75, 3.05) is 99.6 Å². The molecule has 0 aliphatic carbocycles. The predicted molar refractivity (Wildman–Crippen MR) is 144 cm³/mol. The number of rotatable bonds is 23. The predicted octanol–water partition coefficient (Wildman–Crippen LogP) is 2.11. The Hall–Kier alpha value is -1.28. The minimum atomic E-state index is -0.371. The molecular formula is C27H47BO10. The monoisotopic (exact) mass is 542 g/mol. The molecule has 1 aromatic carbocycles. The average molecular weight is 542 g/mol. The molecule has 218 valence electrons. The standard InChI is InChI=1S/C27H47BO10/c1-26(2)27(3,4)38-28(37-26)24-6-8-25(9-7-24)36-23-22-35-21-20-34-19-18-33-17-16-32-15-14-31-13-12-30-11-10-29-5/h6-9H,10-23H2,1-5H3. The number of benzene rings is 1. The van der Waals surface area contributed by atoms with Crippen molar-refractivity contribution in [3.05, 3.63) is 24.3 Å². The Balaban J connectivity index is 1.33. The van der Waals surface area contributed by atoms with Gasteiger partial charge in [-0.2, -0.15) is 0 Å². The molecule has 0 aromatic heterocycles. The Morgan fingerprint density at radius 1 is 0.526 bits per heavy atom. The number of hydrogen-bond donors (Lipinski definition) is 0. The highest BCUT2D eigenvalue weighted by atomic mass is 16.7. The third-order valence-electron chi connectivity index (χ3n) is 6.19. The molecule has 0 N–H and O–H groups in total. The van der Waals surface area contributed by atoms with Crippen LogP contribution in [0.5, 0.6) is 5.75 Å². The first-order chi connectivity index (χ1) is 18.4. The molecule has 0 saturated carbocycles. The maximum absolute atomic E-state index is 6.08. The van der Waals surface area contributed by atoms with E-state index in [2.05, 4.69) is 0 Å². The van der Waals surface area contributed by atoms with Gasteiger partial charge in [-0.3, -0.25) is 0 Å². The lowest BCUT2D eigenvalue weighted by molar-refractivity contribution is -0.0199. The molecule has 1 aromatic rings. The van der Waals surface area contributed by atoms with Crippen LogP contribution in [0.1, 0.15) is 27.7 Å². The van der Waals surface area contributed by atoms with Crippen molar-refractivity contribution in [3.63, 3.8) is 0 Å². The summed E-state index contributed by atoms with van der Waals surface area (Å²) in [6.45, 7) is 15.6. The van der Waals surface area contributed by atoms with E-state index in [4.69, 9.17) is 47.2 Å². The minimum absolute atomic E-state index is 0.354. The first-order valence-electron chi connectivity index (χ1n) is 13.4. The van der Waals surface area contributed by atoms with Crippen LogP contribution in [0.25, 0.3) is 0 Å². The first-order valence-corrected chi connectivity index (χ1v) is 13.4. The number of hydrogen-bond acceptors (Lipinski definition) is 10. The Morgan fingerprint density at radius 3 is 1.24 bits per heavy atom. The van der Waals surface area contributed by atoms with Gasteiger partial charge in [-0.05, 0) is 45.3 Å². The van der Waals surface area contributed by atoms with Crippen molar-refractivity contribution in [2.24, 2.45) is 0 Å². The van der Waals surface area contributed by atoms with E-state index in [0.29, 0.717) is 92.5 Å². The number of methoxy groups -OCH3 is 1. The van der Waals surface area contributed by atoms with Gasteiger partial charge in [0.1, 0.15) is 12.4 Å². The first kappa shape index (κ1) is 32.9. The van der Waals surface area contributed by atoms with Crippen molar-refractivity contribution in [1.29, 1.82) is 0 Å². The van der Waals surface area contributed by atoms with Crippen LogP contribution < -0.4 is 10.2 Å². The molecular weight excluding hydrogens is 495 g/mol. The average Bonchev–Trinajstić information content (AvgIpc) is 3.11. The van der Waals surface area contributed by atoms with Crippen LogP contribution in [0, 0.1) is 0 Å². The van der Waals surface area contributed by atoms with Gasteiger partial charge < -0.3 is 47.2 Å². The van der Waals surface area contributed by atoms with Gasteiger partial charge in [-0.15, -0.1) is 0 Å². The van der Waals surface area contributed by atoms with Crippen LogP contribution in [0.3, 0.4) is 0 Å². The molecule has 38 heavy (non-hydrogen) atoms. The summed E-state index contributed by atoms with van der Waals surface area (Å²) in [5, 5.41) is 0. The maximum Gasteiger partial charge on any atom is 0.494 e. The zero-order valence-electron chi connectivity index (χ0n) is 23.9. The number of ether oxygens (including phenoxy) is 8. The lowest BCUT2D eigenvalue weighted by atomic mass is 9.79. The lowest BCUT2D eigenvalue weighted by Crippen LogP contribution is -2.41. The van der Waals surface area contributed by atoms with Gasteiger partial charge in [0.15, 0.2) is 0 Å². The summed E-state index contributed by atoms with van der Waals surface area (Å²) in [6.07, 6.45) is 0. The smallest absolute Gasteiger partial charge is 0.491 e. The van der Waals surface area contributed by atoms with E-state index in [0.717, 1.165) is 11.2 Å². The molecule has 1 fully saturated rings. The molecule has 0 bridgehead atoms. The third kappa shape index (κ3) is 13.2. The van der Waals surface area contributed by atoms with E-state index in [1.165, 1.54) is 0 Å². The summed E-state index contributed by atoms with van der Waals surface area (Å²) < 4.78 is 55.5. The van der Waals surface area contributed by atoms with Gasteiger partial charge in [0.05, 0.1) is 97.1 Å². The lowest BCUT2D eigenvalue weighted by Gasteiger charge is -2.32. The van der Waals surface area contributed by atoms with Crippen molar-refractivity contribution in [3.8, 4) is 5.75 Å². The SMILES string of the molecule is COCCOCCOCCOCCOCCOCCOCCOc1ccc(B2OC(C)(C)C(C)(C)O2)cc1. The van der Waals surface area contributed by atoms with E-state index < -0.39 is 0 Å². The normalized spacial score (nSPS) is 16.3. The van der Waals surface area contributed by atoms with Crippen LogP contribution >= 0.6 is 0 Å². The zero-order chi connectivity index (χ0) is 27.5. The third-order valence-corrected chi connectivity index (χ3v) is 6.19. The maximum atomic E-state index is 6.08. The van der Waals surface area contributed by atoms with Crippen LogP contribution in [-0.2, 0) is 42.5 Å². The van der Waals surface area contributed by atoms with E-state index in [1.807, 2.05) is 52.0 Å². The van der Waals surface area contributed by atoms with E-state index in [1.54, 1.807) is 7.11 Å². The van der Waals surface area contributed by atoms with Crippen molar-refractivity contribution < 1.29 is 47.2 Å². The molecule has 1 aliphatic rings. The summed E-state index contributed by atoms with van der Waals surface area (Å²) in [5.41, 5.74) is 0.265. The fourth-order valence-electron chi connectivity index (χ4n) is 3.26. The zero-order valence-corrected chi connectivity index (χ0v) is 23.9. The van der Waals surface area contributed by atoms with Gasteiger partial charge in [-0.25, -0.2) is 0 Å². The molecule has 0 unspecified atom stereocenters. The molecule has 0 spiro atoms. The van der Waals surface area contributed by atoms with Crippen LogP contribution in [0.15, 0.2) is 24.3 Å². The summed E-state index contributed by atoms with van der Waals surface area (Å²) >= 11 is 0. The van der Waals surface area contributed by atoms with E-state index in [-0.39, 0.29) is 18.3 Å². The largest absolute Gasteiger partial charge is 0.494 e. The second-order valence-corrected chi connectivity index (χ2v) is 9.67. The van der Waals surface area contributed by atoms with Gasteiger partial charge >= 0.3 is 7.12 Å². The molecule has 1 saturated heterocycles. The highest BCUT2D eigenvalue weighted by Gasteiger charge is 2.51. The van der Waals surface area contributed by atoms with Gasteiger partial charge in [0.2, 0.25) is 0 Å². The van der Waals surface area contributed by atoms with E-state index in [9.17, 15) is 0 Å². The Labute approximate surface area is 228 Å². The molecule has 10 nitrogen and oxygen atoms in total. The highest BCUT2D eigenvalue weighted by Crippen LogP contribution is 2.36. The Morgan fingerprint density at radius 2 is 0.868 bits per heavy atom. The second-order valence-electron chi connectivity index (χ2n) is 9.67. The van der Waals surface area contributed by atoms with Crippen LogP contribution in [-0.4, -0.2) is 118 Å². The van der Waals surface area contributed by atoms with Gasteiger partial charge in [0, 0.05) is 7.11 Å². The summed E-state index contributed by atoms with van der Waals surface area (Å²) in [6, 6.07) is 7.78. The topological polar surface area (TPSA) is 92.3 Å². The fraction of sp³-hybridized carbons (Fsp3) is 0.778. The van der Waals surface area contributed by atoms with Crippen molar-refractivity contribution in [2.45, 2.75) is 38.9 Å². The quantitative estimate of drug-likeness (QED) is 0.151. The molecule has 1 heterocycles. The highest BCUT2D eigenvalue weighted by molar-refractivity contribution is 6.62. The molecule has 11 heteroatoms. The summed E-state index contributed by atoms with van der Waals surface area (Å²) in [4.78, 5) is 0. The van der Waals surface area contributed by atoms with Gasteiger partial charge in [-0.1, -0.05) is 12.1 Å². The molecule has 0 atom stereocenters. The van der Waals surface area contributed by atoms with Crippen molar-refractivity contribution in [1.82, 2.24) is 0 Å². The van der Waals surface area contributed by atoms with Gasteiger partial charge in [0.25, 0.3) is 0 Å². The molecule has 1 aliphatic heterocycles.